The highest BCUT2D eigenvalue weighted by molar-refractivity contribution is 6.32. The van der Waals surface area contributed by atoms with Gasteiger partial charge < -0.3 is 34.9 Å². The molecule has 1 aliphatic heterocycles. The van der Waals surface area contributed by atoms with Gasteiger partial charge in [0.25, 0.3) is 0 Å². The van der Waals surface area contributed by atoms with Crippen LogP contribution in [0.1, 0.15) is 19.7 Å². The van der Waals surface area contributed by atoms with Crippen LogP contribution in [0.2, 0.25) is 5.02 Å². The second-order valence-corrected chi connectivity index (χ2v) is 11.5. The number of anilines is 1. The molecule has 0 aliphatic carbocycles. The molecule has 1 aliphatic rings. The molecule has 232 valence electrons. The summed E-state index contributed by atoms with van der Waals surface area (Å²) >= 11 is 6.05. The number of methoxy groups -OCH3 is 1. The van der Waals surface area contributed by atoms with E-state index in [0.717, 1.165) is 44.1 Å². The zero-order valence-corrected chi connectivity index (χ0v) is 25.8. The van der Waals surface area contributed by atoms with Gasteiger partial charge in [0.1, 0.15) is 18.2 Å². The van der Waals surface area contributed by atoms with E-state index in [2.05, 4.69) is 25.5 Å². The second-order valence-electron chi connectivity index (χ2n) is 11.1. The Balaban J connectivity index is 1.24. The van der Waals surface area contributed by atoms with Gasteiger partial charge in [-0.15, -0.1) is 0 Å². The number of phenols is 1. The summed E-state index contributed by atoms with van der Waals surface area (Å²) in [6.45, 7) is 8.86. The van der Waals surface area contributed by atoms with Crippen LogP contribution >= 0.6 is 11.6 Å². The number of ether oxygens (including phenoxy) is 3. The molecule has 2 aromatic carbocycles. The number of phenolic OH excluding ortho intramolecular Hbond substituents is 1. The summed E-state index contributed by atoms with van der Waals surface area (Å²) in [6, 6.07) is 13.7. The van der Waals surface area contributed by atoms with Crippen molar-refractivity contribution in [1.82, 2.24) is 25.2 Å². The third-order valence-corrected chi connectivity index (χ3v) is 7.73. The smallest absolute Gasteiger partial charge is 0.319 e. The Morgan fingerprint density at radius 1 is 1.09 bits per heavy atom. The maximum absolute atomic E-state index is 12.9. The van der Waals surface area contributed by atoms with Crippen molar-refractivity contribution >= 4 is 23.3 Å². The Labute approximate surface area is 261 Å². The van der Waals surface area contributed by atoms with Gasteiger partial charge in [0.2, 0.25) is 0 Å². The summed E-state index contributed by atoms with van der Waals surface area (Å²) in [7, 11) is 1.57. The quantitative estimate of drug-likeness (QED) is 0.177. The van der Waals surface area contributed by atoms with E-state index in [0.29, 0.717) is 40.9 Å². The molecule has 11 nitrogen and oxygen atoms in total. The number of amides is 2. The molecule has 0 unspecified atom stereocenters. The highest BCUT2D eigenvalue weighted by Gasteiger charge is 2.28. The van der Waals surface area contributed by atoms with E-state index in [1.165, 1.54) is 0 Å². The van der Waals surface area contributed by atoms with Crippen LogP contribution in [0.4, 0.5) is 10.5 Å². The minimum absolute atomic E-state index is 0.0313. The number of rotatable bonds is 11. The molecular weight excluding hydrogens is 584 g/mol. The molecule has 2 aromatic heterocycles. The van der Waals surface area contributed by atoms with Gasteiger partial charge in [-0.1, -0.05) is 31.5 Å². The molecule has 0 spiro atoms. The van der Waals surface area contributed by atoms with E-state index in [1.807, 2.05) is 26.0 Å². The molecule has 0 bridgehead atoms. The van der Waals surface area contributed by atoms with Crippen LogP contribution in [0.15, 0.2) is 60.9 Å². The van der Waals surface area contributed by atoms with Crippen LogP contribution < -0.4 is 20.1 Å². The molecule has 12 heteroatoms. The van der Waals surface area contributed by atoms with Crippen LogP contribution in [0, 0.1) is 0 Å². The van der Waals surface area contributed by atoms with Gasteiger partial charge in [0.15, 0.2) is 11.5 Å². The average Bonchev–Trinajstić information content (AvgIpc) is 3.50. The fourth-order valence-electron chi connectivity index (χ4n) is 4.82. The van der Waals surface area contributed by atoms with Crippen molar-refractivity contribution in [3.05, 3.63) is 71.8 Å². The molecule has 1 saturated heterocycles. The molecule has 5 rings (SSSR count). The summed E-state index contributed by atoms with van der Waals surface area (Å²) in [5.41, 5.74) is 2.98. The fraction of sp³-hybridized carbons (Fsp3) is 0.344. The molecule has 3 heterocycles. The molecule has 2 amide bonds. The van der Waals surface area contributed by atoms with E-state index >= 15 is 0 Å². The lowest BCUT2D eigenvalue weighted by atomic mass is 9.92. The number of urea groups is 1. The number of carbonyl (C=O) groups is 1. The highest BCUT2D eigenvalue weighted by atomic mass is 35.5. The monoisotopic (exact) mass is 620 g/mol. The standard InChI is InChI=1S/C32H37ClN6O5/c1-32(2,30-37-28(21-8-10-34-11-9-21)29(38-30)22-4-6-24(33)25(40)18-22)20-35-31(41)36-23-5-7-26(27(19-23)42-3)44-17-14-39-12-15-43-16-13-39/h4-11,18-19,40H,12-17,20H2,1-3H3,(H,37,38)(H2,35,36,41). The Hall–Kier alpha value is -4.32. The number of H-pyrrole nitrogens is 1. The van der Waals surface area contributed by atoms with Gasteiger partial charge in [0.05, 0.1) is 36.7 Å². The number of aromatic hydroxyl groups is 1. The van der Waals surface area contributed by atoms with E-state index in [9.17, 15) is 9.90 Å². The summed E-state index contributed by atoms with van der Waals surface area (Å²) < 4.78 is 16.9. The zero-order chi connectivity index (χ0) is 31.1. The summed E-state index contributed by atoms with van der Waals surface area (Å²) in [5, 5.41) is 16.3. The Bertz CT molecular complexity index is 1570. The fourth-order valence-corrected chi connectivity index (χ4v) is 4.94. The van der Waals surface area contributed by atoms with E-state index in [4.69, 9.17) is 30.8 Å². The number of morpholine rings is 1. The van der Waals surface area contributed by atoms with Gasteiger partial charge in [-0.2, -0.15) is 0 Å². The summed E-state index contributed by atoms with van der Waals surface area (Å²) in [6.07, 6.45) is 3.41. The Morgan fingerprint density at radius 3 is 2.59 bits per heavy atom. The number of carbonyl (C=O) groups excluding carboxylic acids is 1. The van der Waals surface area contributed by atoms with Crippen LogP contribution in [0.5, 0.6) is 17.2 Å². The third kappa shape index (κ3) is 7.60. The van der Waals surface area contributed by atoms with Crippen LogP contribution in [0.3, 0.4) is 0 Å². The zero-order valence-electron chi connectivity index (χ0n) is 25.0. The van der Waals surface area contributed by atoms with Crippen molar-refractivity contribution in [2.24, 2.45) is 0 Å². The number of nitrogens with zero attached hydrogens (tertiary/aromatic N) is 3. The lowest BCUT2D eigenvalue weighted by Gasteiger charge is -2.26. The Kier molecular flexibility index (Phi) is 9.89. The van der Waals surface area contributed by atoms with Gasteiger partial charge >= 0.3 is 6.03 Å². The minimum atomic E-state index is -0.582. The predicted molar refractivity (Wildman–Crippen MR) is 170 cm³/mol. The number of aromatic nitrogens is 3. The number of hydrogen-bond donors (Lipinski definition) is 4. The Morgan fingerprint density at radius 2 is 1.86 bits per heavy atom. The normalized spacial score (nSPS) is 13.8. The largest absolute Gasteiger partial charge is 0.506 e. The van der Waals surface area contributed by atoms with Crippen LogP contribution in [-0.2, 0) is 10.2 Å². The molecule has 0 radical (unpaired) electrons. The topological polar surface area (TPSA) is 134 Å². The van der Waals surface area contributed by atoms with Crippen molar-refractivity contribution in [2.45, 2.75) is 19.3 Å². The van der Waals surface area contributed by atoms with Crippen molar-refractivity contribution in [3.63, 3.8) is 0 Å². The molecule has 0 saturated carbocycles. The van der Waals surface area contributed by atoms with Crippen molar-refractivity contribution in [1.29, 1.82) is 0 Å². The van der Waals surface area contributed by atoms with Gasteiger partial charge in [0, 0.05) is 66.9 Å². The number of aromatic amines is 1. The van der Waals surface area contributed by atoms with E-state index in [-0.39, 0.29) is 23.3 Å². The van der Waals surface area contributed by atoms with E-state index < -0.39 is 5.41 Å². The van der Waals surface area contributed by atoms with Gasteiger partial charge in [-0.3, -0.25) is 9.88 Å². The SMILES string of the molecule is COc1cc(NC(=O)NCC(C)(C)c2nc(-c3ccc(Cl)c(O)c3)c(-c3ccncc3)[nH]2)ccc1OCCN1CCOCC1. The van der Waals surface area contributed by atoms with Crippen LogP contribution in [-0.4, -0.2) is 84.1 Å². The summed E-state index contributed by atoms with van der Waals surface area (Å²) in [5.74, 6) is 1.77. The number of nitrogens with one attached hydrogen (secondary N) is 3. The third-order valence-electron chi connectivity index (χ3n) is 7.41. The number of hydrogen-bond acceptors (Lipinski definition) is 8. The number of pyridine rings is 1. The first-order valence-electron chi connectivity index (χ1n) is 14.4. The minimum Gasteiger partial charge on any atom is -0.506 e. The number of imidazole rings is 1. The molecule has 4 N–H and O–H groups in total. The molecule has 0 atom stereocenters. The lowest BCUT2D eigenvalue weighted by molar-refractivity contribution is 0.0321. The highest BCUT2D eigenvalue weighted by Crippen LogP contribution is 2.36. The first-order chi connectivity index (χ1) is 21.2. The number of halogens is 1. The van der Waals surface area contributed by atoms with Crippen molar-refractivity contribution in [3.8, 4) is 39.8 Å². The van der Waals surface area contributed by atoms with Crippen LogP contribution in [0.25, 0.3) is 22.5 Å². The van der Waals surface area contributed by atoms with E-state index in [1.54, 1.807) is 55.9 Å². The van der Waals surface area contributed by atoms with Gasteiger partial charge in [-0.05, 0) is 36.4 Å². The average molecular weight is 621 g/mol. The predicted octanol–water partition coefficient (Wildman–Crippen LogP) is 5.32. The first-order valence-corrected chi connectivity index (χ1v) is 14.8. The molecule has 4 aromatic rings. The maximum Gasteiger partial charge on any atom is 0.319 e. The maximum atomic E-state index is 12.9. The summed E-state index contributed by atoms with van der Waals surface area (Å²) in [4.78, 5) is 27.7. The second kappa shape index (κ2) is 14.0. The molecule has 1 fully saturated rings. The van der Waals surface area contributed by atoms with Crippen molar-refractivity contribution < 1.29 is 24.1 Å². The molecular formula is C32H37ClN6O5. The number of benzene rings is 2. The van der Waals surface area contributed by atoms with Crippen molar-refractivity contribution in [2.75, 3.05) is 58.4 Å². The first kappa shape index (κ1) is 31.1. The van der Waals surface area contributed by atoms with Gasteiger partial charge in [-0.25, -0.2) is 9.78 Å². The molecule has 44 heavy (non-hydrogen) atoms. The lowest BCUT2D eigenvalue weighted by Crippen LogP contribution is -2.39.